The molecule has 1 saturated heterocycles. The zero-order chi connectivity index (χ0) is 19.2. The summed E-state index contributed by atoms with van der Waals surface area (Å²) >= 11 is 1.47. The molecule has 1 aliphatic heterocycles. The SMILES string of the molecule is O=C(N[C@H](c1ccccn1)[C@@H]1CCCN(Cc2ccncc2)C1)c1cccs1. The first-order valence-corrected chi connectivity index (χ1v) is 10.5. The van der Waals surface area contributed by atoms with Gasteiger partial charge in [0.05, 0.1) is 16.6 Å². The molecule has 5 nitrogen and oxygen atoms in total. The summed E-state index contributed by atoms with van der Waals surface area (Å²) in [6.07, 6.45) is 7.69. The third-order valence-electron chi connectivity index (χ3n) is 5.21. The van der Waals surface area contributed by atoms with Crippen LogP contribution in [-0.2, 0) is 6.54 Å². The number of piperidine rings is 1. The molecule has 0 unspecified atom stereocenters. The molecule has 0 bridgehead atoms. The molecular formula is C22H24N4OS. The van der Waals surface area contributed by atoms with Crippen molar-refractivity contribution in [2.75, 3.05) is 13.1 Å². The fourth-order valence-corrected chi connectivity index (χ4v) is 4.49. The minimum Gasteiger partial charge on any atom is -0.343 e. The summed E-state index contributed by atoms with van der Waals surface area (Å²) < 4.78 is 0. The van der Waals surface area contributed by atoms with E-state index in [1.807, 2.05) is 48.1 Å². The van der Waals surface area contributed by atoms with Crippen LogP contribution in [0.15, 0.2) is 66.4 Å². The van der Waals surface area contributed by atoms with Gasteiger partial charge in [-0.25, -0.2) is 0 Å². The largest absolute Gasteiger partial charge is 0.343 e. The van der Waals surface area contributed by atoms with E-state index in [4.69, 9.17) is 0 Å². The molecule has 1 N–H and O–H groups in total. The van der Waals surface area contributed by atoms with Crippen LogP contribution in [0, 0.1) is 5.92 Å². The lowest BCUT2D eigenvalue weighted by molar-refractivity contribution is 0.0879. The molecule has 3 aromatic rings. The Morgan fingerprint density at radius 1 is 1.18 bits per heavy atom. The zero-order valence-electron chi connectivity index (χ0n) is 15.7. The topological polar surface area (TPSA) is 58.1 Å². The Bertz CT molecular complexity index is 870. The molecule has 6 heteroatoms. The van der Waals surface area contributed by atoms with E-state index in [2.05, 4.69) is 32.3 Å². The third-order valence-corrected chi connectivity index (χ3v) is 6.08. The van der Waals surface area contributed by atoms with E-state index in [9.17, 15) is 4.79 Å². The van der Waals surface area contributed by atoms with Crippen LogP contribution in [0.4, 0.5) is 0 Å². The number of amides is 1. The number of likely N-dealkylation sites (tertiary alicyclic amines) is 1. The van der Waals surface area contributed by atoms with E-state index in [1.54, 1.807) is 6.20 Å². The molecule has 0 saturated carbocycles. The average molecular weight is 393 g/mol. The van der Waals surface area contributed by atoms with Crippen molar-refractivity contribution in [3.63, 3.8) is 0 Å². The van der Waals surface area contributed by atoms with Gasteiger partial charge in [0, 0.05) is 31.7 Å². The van der Waals surface area contributed by atoms with Crippen molar-refractivity contribution in [1.29, 1.82) is 0 Å². The van der Waals surface area contributed by atoms with Gasteiger partial charge in [-0.1, -0.05) is 12.1 Å². The van der Waals surface area contributed by atoms with Crippen LogP contribution in [0.5, 0.6) is 0 Å². The van der Waals surface area contributed by atoms with Crippen LogP contribution in [0.1, 0.15) is 39.8 Å². The molecule has 144 valence electrons. The zero-order valence-corrected chi connectivity index (χ0v) is 16.5. The van der Waals surface area contributed by atoms with Crippen LogP contribution in [0.3, 0.4) is 0 Å². The van der Waals surface area contributed by atoms with Crippen LogP contribution in [0.2, 0.25) is 0 Å². The number of thiophene rings is 1. The quantitative estimate of drug-likeness (QED) is 0.691. The van der Waals surface area contributed by atoms with E-state index in [1.165, 1.54) is 16.9 Å². The number of aromatic nitrogens is 2. The van der Waals surface area contributed by atoms with E-state index in [0.29, 0.717) is 5.92 Å². The lowest BCUT2D eigenvalue weighted by Gasteiger charge is -2.37. The standard InChI is InChI=1S/C22H24N4OS/c27-22(20-7-4-14-28-20)25-21(19-6-1-2-10-24-19)18-5-3-13-26(16-18)15-17-8-11-23-12-9-17/h1-2,4,6-12,14,18,21H,3,5,13,15-16H2,(H,25,27)/t18-,21+/m1/s1. The molecule has 4 rings (SSSR count). The Hall–Kier alpha value is -2.57. The summed E-state index contributed by atoms with van der Waals surface area (Å²) in [5, 5.41) is 5.19. The fraction of sp³-hybridized carbons (Fsp3) is 0.318. The highest BCUT2D eigenvalue weighted by atomic mass is 32.1. The van der Waals surface area contributed by atoms with Crippen LogP contribution < -0.4 is 5.32 Å². The Morgan fingerprint density at radius 3 is 2.82 bits per heavy atom. The van der Waals surface area contributed by atoms with Crippen molar-refractivity contribution in [1.82, 2.24) is 20.2 Å². The van der Waals surface area contributed by atoms with Crippen LogP contribution >= 0.6 is 11.3 Å². The van der Waals surface area contributed by atoms with E-state index < -0.39 is 0 Å². The molecule has 1 fully saturated rings. The second-order valence-electron chi connectivity index (χ2n) is 7.18. The molecule has 0 aromatic carbocycles. The lowest BCUT2D eigenvalue weighted by atomic mass is 9.88. The number of nitrogens with one attached hydrogen (secondary N) is 1. The predicted octanol–water partition coefficient (Wildman–Crippen LogP) is 3.92. The molecule has 0 aliphatic carbocycles. The minimum absolute atomic E-state index is 0.0167. The normalized spacial score (nSPS) is 18.5. The molecule has 28 heavy (non-hydrogen) atoms. The summed E-state index contributed by atoms with van der Waals surface area (Å²) in [6, 6.07) is 13.7. The van der Waals surface area contributed by atoms with Crippen LogP contribution in [0.25, 0.3) is 0 Å². The monoisotopic (exact) mass is 392 g/mol. The second-order valence-corrected chi connectivity index (χ2v) is 8.12. The van der Waals surface area contributed by atoms with Crippen molar-refractivity contribution in [2.45, 2.75) is 25.4 Å². The van der Waals surface area contributed by atoms with Crippen molar-refractivity contribution in [3.8, 4) is 0 Å². The van der Waals surface area contributed by atoms with Crippen molar-refractivity contribution in [3.05, 3.63) is 82.6 Å². The van der Waals surface area contributed by atoms with Gasteiger partial charge in [0.2, 0.25) is 0 Å². The van der Waals surface area contributed by atoms with Crippen molar-refractivity contribution < 1.29 is 4.79 Å². The van der Waals surface area contributed by atoms with Gasteiger partial charge in [0.1, 0.15) is 0 Å². The maximum atomic E-state index is 12.8. The Kier molecular flexibility index (Phi) is 6.09. The van der Waals surface area contributed by atoms with Crippen molar-refractivity contribution in [2.24, 2.45) is 5.92 Å². The molecule has 1 aliphatic rings. The number of pyridine rings is 2. The highest BCUT2D eigenvalue weighted by molar-refractivity contribution is 7.12. The van der Waals surface area contributed by atoms with Gasteiger partial charge in [-0.2, -0.15) is 0 Å². The van der Waals surface area contributed by atoms with Crippen LogP contribution in [-0.4, -0.2) is 33.9 Å². The third kappa shape index (κ3) is 4.64. The Labute approximate surface area is 169 Å². The Morgan fingerprint density at radius 2 is 2.07 bits per heavy atom. The number of nitrogens with zero attached hydrogens (tertiary/aromatic N) is 3. The highest BCUT2D eigenvalue weighted by Crippen LogP contribution is 2.30. The first-order chi connectivity index (χ1) is 13.8. The summed E-state index contributed by atoms with van der Waals surface area (Å²) in [6.45, 7) is 2.92. The summed E-state index contributed by atoms with van der Waals surface area (Å²) in [5.74, 6) is 0.311. The molecule has 2 atom stereocenters. The van der Waals surface area contributed by atoms with Gasteiger partial charge in [0.15, 0.2) is 0 Å². The average Bonchev–Trinajstić information content (AvgIpc) is 3.29. The van der Waals surface area contributed by atoms with Gasteiger partial charge in [-0.15, -0.1) is 11.3 Å². The maximum Gasteiger partial charge on any atom is 0.261 e. The predicted molar refractivity (Wildman–Crippen MR) is 111 cm³/mol. The lowest BCUT2D eigenvalue weighted by Crippen LogP contribution is -2.42. The number of hydrogen-bond donors (Lipinski definition) is 1. The first kappa shape index (κ1) is 18.8. The Balaban J connectivity index is 1.51. The van der Waals surface area contributed by atoms with E-state index >= 15 is 0 Å². The first-order valence-electron chi connectivity index (χ1n) is 9.66. The summed E-state index contributed by atoms with van der Waals surface area (Å²) in [5.41, 5.74) is 2.20. The van der Waals surface area contributed by atoms with E-state index in [-0.39, 0.29) is 11.9 Å². The molecule has 0 spiro atoms. The smallest absolute Gasteiger partial charge is 0.261 e. The van der Waals surface area contributed by atoms with Gasteiger partial charge in [0.25, 0.3) is 5.91 Å². The highest BCUT2D eigenvalue weighted by Gasteiger charge is 2.30. The molecule has 1 amide bonds. The fourth-order valence-electron chi connectivity index (χ4n) is 3.87. The van der Waals surface area contributed by atoms with Crippen molar-refractivity contribution >= 4 is 17.2 Å². The van der Waals surface area contributed by atoms with E-state index in [0.717, 1.165) is 43.0 Å². The molecule has 3 aromatic heterocycles. The summed E-state index contributed by atoms with van der Waals surface area (Å²) in [4.78, 5) is 24.6. The number of rotatable bonds is 6. The molecule has 4 heterocycles. The number of hydrogen-bond acceptors (Lipinski definition) is 5. The van der Waals surface area contributed by atoms with Gasteiger partial charge in [-0.05, 0) is 66.6 Å². The maximum absolute atomic E-state index is 12.8. The number of carbonyl (C=O) groups is 1. The second kappa shape index (κ2) is 9.08. The van der Waals surface area contributed by atoms with Gasteiger partial charge < -0.3 is 5.32 Å². The van der Waals surface area contributed by atoms with Gasteiger partial charge in [-0.3, -0.25) is 19.7 Å². The molecular weight excluding hydrogens is 368 g/mol. The minimum atomic E-state index is -0.0870. The summed E-state index contributed by atoms with van der Waals surface area (Å²) in [7, 11) is 0. The number of carbonyl (C=O) groups excluding carboxylic acids is 1. The van der Waals surface area contributed by atoms with Gasteiger partial charge >= 0.3 is 0 Å². The molecule has 0 radical (unpaired) electrons.